The van der Waals surface area contributed by atoms with Gasteiger partial charge >= 0.3 is 342 Å². The van der Waals surface area contributed by atoms with Crippen LogP contribution in [-0.2, 0) is 14.4 Å². The molecule has 0 nitrogen and oxygen atoms in total. The summed E-state index contributed by atoms with van der Waals surface area (Å²) >= 11 is -6.14. The predicted octanol–water partition coefficient (Wildman–Crippen LogP) is 13.8. The SMILES string of the molecule is CCC1=Cc2c(-c3cccc4ccccc34)cccc2[CH]1[Zr]([CH3])([CH3])(=[SiH2])([c]1ccccc1)([c]1ccccc1)[CH]1C(CC)=Cc2c(-c3cccc4ccccc34)cccc21. The third-order valence-electron chi connectivity index (χ3n) is 15.8. The van der Waals surface area contributed by atoms with Crippen molar-refractivity contribution in [3.63, 3.8) is 0 Å². The zero-order chi connectivity index (χ0) is 39.8. The fraction of sp³-hybridized carbons (Fsp3) is 0.143. The van der Waals surface area contributed by atoms with Crippen LogP contribution in [0.15, 0.2) is 193 Å². The van der Waals surface area contributed by atoms with Gasteiger partial charge in [0.05, 0.1) is 0 Å². The Labute approximate surface area is 339 Å². The van der Waals surface area contributed by atoms with E-state index in [9.17, 15) is 0 Å². The average Bonchev–Trinajstić information content (AvgIpc) is 3.88. The van der Waals surface area contributed by atoms with Crippen molar-refractivity contribution < 1.29 is 14.4 Å². The quantitative estimate of drug-likeness (QED) is 0.134. The van der Waals surface area contributed by atoms with Gasteiger partial charge in [-0.3, -0.25) is 0 Å². The molecule has 0 saturated carbocycles. The average molecular weight is 844 g/mol. The monoisotopic (exact) mass is 842 g/mol. The fourth-order valence-corrected chi connectivity index (χ4v) is 51.7. The van der Waals surface area contributed by atoms with Crippen LogP contribution in [0, 0.1) is 0 Å². The standard InChI is InChI=1S/2C21H17.2C6H5.2CH3.H2Si.Zr/c2*1-2-15-13-17-9-6-12-20(21(17)14-15)19-11-5-8-16-7-3-4-10-18(16)19;2*1-2-4-6-5-3-1;;;;/h2*3-14H,2H2,1H3;2*1-5H;2*1H3;1H2;. The van der Waals surface area contributed by atoms with Crippen molar-refractivity contribution in [1.29, 1.82) is 0 Å². The van der Waals surface area contributed by atoms with E-state index < -0.39 is 14.4 Å². The molecule has 0 fully saturated rings. The Morgan fingerprint density at radius 2 is 0.741 bits per heavy atom. The van der Waals surface area contributed by atoms with Crippen molar-refractivity contribution >= 4 is 47.1 Å². The van der Waals surface area contributed by atoms with Gasteiger partial charge in [-0.2, -0.15) is 0 Å². The summed E-state index contributed by atoms with van der Waals surface area (Å²) in [5.41, 5.74) is 14.1. The maximum atomic E-state index is 2.88. The second-order valence-electron chi connectivity index (χ2n) is 19.4. The third kappa shape index (κ3) is 4.65. The Morgan fingerprint density at radius 3 is 1.16 bits per heavy atom. The first kappa shape index (κ1) is 37.2. The van der Waals surface area contributed by atoms with Crippen molar-refractivity contribution in [3.8, 4) is 22.3 Å². The van der Waals surface area contributed by atoms with Gasteiger partial charge in [-0.25, -0.2) is 0 Å². The van der Waals surface area contributed by atoms with Gasteiger partial charge in [0.25, 0.3) is 0 Å². The molecule has 10 rings (SSSR count). The van der Waals surface area contributed by atoms with Crippen LogP contribution < -0.4 is 6.54 Å². The van der Waals surface area contributed by atoms with E-state index in [4.69, 9.17) is 0 Å². The topological polar surface area (TPSA) is 0 Å². The molecule has 0 amide bonds. The summed E-state index contributed by atoms with van der Waals surface area (Å²) in [5.74, 6) is 0. The summed E-state index contributed by atoms with van der Waals surface area (Å²) in [6, 6.07) is 69.7. The number of hydrogen-bond acceptors (Lipinski definition) is 0. The number of benzene rings is 8. The third-order valence-corrected chi connectivity index (χ3v) is 55.0. The molecule has 0 saturated heterocycles. The molecule has 8 aromatic rings. The molecule has 58 heavy (non-hydrogen) atoms. The first-order valence-corrected chi connectivity index (χ1v) is 37.4. The summed E-state index contributed by atoms with van der Waals surface area (Å²) in [7, 11) is 0. The van der Waals surface area contributed by atoms with Crippen LogP contribution in [0.4, 0.5) is 0 Å². The van der Waals surface area contributed by atoms with E-state index in [1.807, 2.05) is 0 Å². The van der Waals surface area contributed by atoms with Crippen molar-refractivity contribution in [2.24, 2.45) is 0 Å². The van der Waals surface area contributed by atoms with Crippen molar-refractivity contribution in [3.05, 3.63) is 215 Å². The molecule has 2 heteroatoms. The predicted molar refractivity (Wildman–Crippen MR) is 253 cm³/mol. The molecule has 2 aliphatic carbocycles. The minimum atomic E-state index is -6.14. The maximum absolute atomic E-state index is 6.14. The van der Waals surface area contributed by atoms with Crippen LogP contribution in [0.2, 0.25) is 9.26 Å². The van der Waals surface area contributed by atoms with E-state index in [1.165, 1.54) is 72.6 Å². The van der Waals surface area contributed by atoms with Crippen LogP contribution in [0.25, 0.3) is 56.0 Å². The van der Waals surface area contributed by atoms with Crippen LogP contribution in [-0.4, -0.2) is 6.88 Å². The molecule has 0 aliphatic heterocycles. The fourth-order valence-electron chi connectivity index (χ4n) is 13.2. The van der Waals surface area contributed by atoms with Crippen LogP contribution in [0.1, 0.15) is 56.2 Å². The summed E-state index contributed by atoms with van der Waals surface area (Å²) in [5, 5.41) is 5.17. The molecule has 0 bridgehead atoms. The molecule has 0 radical (unpaired) electrons. The Kier molecular flexibility index (Phi) is 7.97. The Bertz CT molecular complexity index is 2950. The van der Waals surface area contributed by atoms with Crippen molar-refractivity contribution in [1.82, 2.24) is 0 Å². The Hall–Kier alpha value is -5.14. The van der Waals surface area contributed by atoms with Gasteiger partial charge in [0.1, 0.15) is 0 Å². The van der Waals surface area contributed by atoms with E-state index in [0.29, 0.717) is 0 Å². The van der Waals surface area contributed by atoms with Crippen molar-refractivity contribution in [2.75, 3.05) is 0 Å². The molecular weight excluding hydrogens is 792 g/mol. The Balaban J connectivity index is 1.37. The molecule has 2 unspecified atom stereocenters. The number of hydrogen-bond donors (Lipinski definition) is 0. The summed E-state index contributed by atoms with van der Waals surface area (Å²) in [6.45, 7) is 7.30. The van der Waals surface area contributed by atoms with Gasteiger partial charge in [-0.05, 0) is 0 Å². The molecule has 0 heterocycles. The number of fused-ring (bicyclic) bond motifs is 4. The van der Waals surface area contributed by atoms with Gasteiger partial charge in [0.15, 0.2) is 0 Å². The molecule has 8 aromatic carbocycles. The first-order valence-electron chi connectivity index (χ1n) is 21.3. The second kappa shape index (κ2) is 12.4. The normalized spacial score (nSPS) is 18.0. The van der Waals surface area contributed by atoms with E-state index >= 15 is 0 Å². The first-order chi connectivity index (χ1) is 28.1. The molecule has 284 valence electrons. The minimum absolute atomic E-state index is 0.155. The van der Waals surface area contributed by atoms with E-state index in [0.717, 1.165) is 12.8 Å². The zero-order valence-electron chi connectivity index (χ0n) is 34.3. The Morgan fingerprint density at radius 1 is 0.397 bits per heavy atom. The van der Waals surface area contributed by atoms with Gasteiger partial charge in [0.2, 0.25) is 0 Å². The summed E-state index contributed by atoms with van der Waals surface area (Å²) in [4.78, 5) is 0. The van der Waals surface area contributed by atoms with Gasteiger partial charge in [0, 0.05) is 0 Å². The van der Waals surface area contributed by atoms with Gasteiger partial charge in [-0.15, -0.1) is 0 Å². The van der Waals surface area contributed by atoms with E-state index in [-0.39, 0.29) is 7.25 Å². The van der Waals surface area contributed by atoms with Crippen LogP contribution in [0.5, 0.6) is 0 Å². The molecule has 2 atom stereocenters. The zero-order valence-corrected chi connectivity index (χ0v) is 38.1. The summed E-state index contributed by atoms with van der Waals surface area (Å²) < 4.78 is 9.10. The van der Waals surface area contributed by atoms with Gasteiger partial charge in [-0.1, -0.05) is 0 Å². The van der Waals surface area contributed by atoms with E-state index in [1.54, 1.807) is 11.1 Å². The summed E-state index contributed by atoms with van der Waals surface area (Å²) in [6.07, 6.45) is 7.22. The molecular formula is C56H52SiZr. The molecule has 0 N–H and O–H groups in total. The van der Waals surface area contributed by atoms with Crippen molar-refractivity contribution in [2.45, 2.75) is 43.2 Å². The second-order valence-corrected chi connectivity index (χ2v) is 67.0. The molecule has 2 aliphatic rings. The van der Waals surface area contributed by atoms with Crippen LogP contribution in [0.3, 0.4) is 0 Å². The number of allylic oxidation sites excluding steroid dienone is 2. The molecule has 0 spiro atoms. The van der Waals surface area contributed by atoms with Gasteiger partial charge < -0.3 is 0 Å². The number of rotatable bonds is 8. The van der Waals surface area contributed by atoms with Crippen LogP contribution >= 0.6 is 0 Å². The van der Waals surface area contributed by atoms with E-state index in [2.05, 4.69) is 224 Å². The molecule has 0 aromatic heterocycles.